The molecule has 24 heavy (non-hydrogen) atoms. The normalized spacial score (nSPS) is 11.1. The van der Waals surface area contributed by atoms with E-state index in [2.05, 4.69) is 5.10 Å². The molecule has 2 aromatic heterocycles. The molecular weight excluding hydrogens is 308 g/mol. The van der Waals surface area contributed by atoms with Crippen molar-refractivity contribution < 1.29 is 13.9 Å². The number of nitrogens with zero attached hydrogens (tertiary/aromatic N) is 2. The number of methoxy groups -OCH3 is 2. The minimum atomic E-state index is -0.218. The summed E-state index contributed by atoms with van der Waals surface area (Å²) in [6, 6.07) is 11.0. The highest BCUT2D eigenvalue weighted by Crippen LogP contribution is 2.30. The Morgan fingerprint density at radius 1 is 1.12 bits per heavy atom. The molecule has 0 atom stereocenters. The molecule has 120 valence electrons. The number of ether oxygens (including phenoxy) is 2. The number of hydrogen-bond donors (Lipinski definition) is 0. The molecule has 0 amide bonds. The van der Waals surface area contributed by atoms with Crippen molar-refractivity contribution in [1.82, 2.24) is 9.78 Å². The second kappa shape index (κ2) is 5.42. The van der Waals surface area contributed by atoms with E-state index < -0.39 is 0 Å². The van der Waals surface area contributed by atoms with Crippen molar-refractivity contribution in [2.75, 3.05) is 14.2 Å². The zero-order valence-electron chi connectivity index (χ0n) is 13.1. The Bertz CT molecular complexity index is 1110. The molecule has 0 aliphatic heterocycles. The van der Waals surface area contributed by atoms with Gasteiger partial charge in [-0.2, -0.15) is 5.10 Å². The second-order valence-corrected chi connectivity index (χ2v) is 5.27. The Kier molecular flexibility index (Phi) is 3.23. The van der Waals surface area contributed by atoms with Crippen molar-refractivity contribution >= 4 is 21.9 Å². The lowest BCUT2D eigenvalue weighted by Gasteiger charge is -2.09. The van der Waals surface area contributed by atoms with Crippen molar-refractivity contribution in [2.24, 2.45) is 0 Å². The quantitative estimate of drug-likeness (QED) is 0.580. The summed E-state index contributed by atoms with van der Waals surface area (Å²) >= 11 is 0. The first-order valence-electron chi connectivity index (χ1n) is 7.33. The van der Waals surface area contributed by atoms with Crippen LogP contribution in [0.4, 0.5) is 0 Å². The van der Waals surface area contributed by atoms with Crippen LogP contribution < -0.4 is 14.9 Å². The van der Waals surface area contributed by atoms with Crippen LogP contribution in [0.5, 0.6) is 11.5 Å². The fourth-order valence-electron chi connectivity index (χ4n) is 2.77. The highest BCUT2D eigenvalue weighted by atomic mass is 16.5. The lowest BCUT2D eigenvalue weighted by molar-refractivity contribution is 0.396. The molecule has 0 aliphatic rings. The van der Waals surface area contributed by atoms with E-state index in [1.807, 2.05) is 24.3 Å². The topological polar surface area (TPSA) is 66.5 Å². The van der Waals surface area contributed by atoms with Gasteiger partial charge in [-0.15, -0.1) is 0 Å². The number of rotatable bonds is 3. The predicted molar refractivity (Wildman–Crippen MR) is 90.2 cm³/mol. The van der Waals surface area contributed by atoms with Gasteiger partial charge in [-0.3, -0.25) is 4.79 Å². The lowest BCUT2D eigenvalue weighted by atomic mass is 10.2. The van der Waals surface area contributed by atoms with Gasteiger partial charge in [-0.1, -0.05) is 18.2 Å². The summed E-state index contributed by atoms with van der Waals surface area (Å²) in [5, 5.41) is 5.61. The third-order valence-corrected chi connectivity index (χ3v) is 3.96. The summed E-state index contributed by atoms with van der Waals surface area (Å²) in [6.07, 6.45) is 3.12. The Labute approximate surface area is 136 Å². The molecule has 0 unspecified atom stereocenters. The van der Waals surface area contributed by atoms with E-state index in [1.54, 1.807) is 30.1 Å². The van der Waals surface area contributed by atoms with E-state index in [0.29, 0.717) is 28.2 Å². The second-order valence-electron chi connectivity index (χ2n) is 5.27. The summed E-state index contributed by atoms with van der Waals surface area (Å²) in [5.41, 5.74) is 1.34. The van der Waals surface area contributed by atoms with Crippen LogP contribution in [0.2, 0.25) is 0 Å². The monoisotopic (exact) mass is 322 g/mol. The van der Waals surface area contributed by atoms with Crippen LogP contribution in [0.25, 0.3) is 27.6 Å². The molecule has 6 nitrogen and oxygen atoms in total. The van der Waals surface area contributed by atoms with E-state index in [4.69, 9.17) is 13.9 Å². The van der Waals surface area contributed by atoms with Gasteiger partial charge in [-0.05, 0) is 6.07 Å². The first-order valence-corrected chi connectivity index (χ1v) is 7.33. The maximum atomic E-state index is 13.0. The number of fused-ring (bicyclic) bond motifs is 2. The first-order chi connectivity index (χ1) is 11.7. The minimum absolute atomic E-state index is 0.218. The first kappa shape index (κ1) is 14.3. The zero-order valence-corrected chi connectivity index (χ0v) is 13.1. The van der Waals surface area contributed by atoms with Gasteiger partial charge in [0, 0.05) is 17.5 Å². The van der Waals surface area contributed by atoms with E-state index in [-0.39, 0.29) is 5.43 Å². The summed E-state index contributed by atoms with van der Waals surface area (Å²) in [7, 11) is 3.05. The van der Waals surface area contributed by atoms with Crippen LogP contribution >= 0.6 is 0 Å². The molecule has 4 aromatic rings. The Balaban J connectivity index is 2.04. The fraction of sp³-hybridized carbons (Fsp3) is 0.111. The number of hydrogen-bond acceptors (Lipinski definition) is 5. The summed E-state index contributed by atoms with van der Waals surface area (Å²) in [4.78, 5) is 13.0. The average molecular weight is 322 g/mol. The lowest BCUT2D eigenvalue weighted by Crippen LogP contribution is -2.13. The number of aromatic nitrogens is 2. The van der Waals surface area contributed by atoms with Crippen LogP contribution in [-0.2, 0) is 0 Å². The van der Waals surface area contributed by atoms with Gasteiger partial charge in [0.15, 0.2) is 0 Å². The van der Waals surface area contributed by atoms with E-state index in [0.717, 1.165) is 10.9 Å². The molecule has 0 saturated carbocycles. The molecule has 4 rings (SSSR count). The molecule has 0 saturated heterocycles. The minimum Gasteiger partial charge on any atom is -0.496 e. The van der Waals surface area contributed by atoms with Crippen molar-refractivity contribution in [2.45, 2.75) is 0 Å². The van der Waals surface area contributed by atoms with Crippen molar-refractivity contribution in [3.8, 4) is 17.2 Å². The molecule has 0 aliphatic carbocycles. The molecular formula is C18H14N2O4. The fourth-order valence-corrected chi connectivity index (χ4v) is 2.77. The maximum absolute atomic E-state index is 13.0. The Hall–Kier alpha value is -3.28. The third-order valence-electron chi connectivity index (χ3n) is 3.96. The van der Waals surface area contributed by atoms with Gasteiger partial charge >= 0.3 is 0 Å². The van der Waals surface area contributed by atoms with Gasteiger partial charge in [0.25, 0.3) is 0 Å². The molecule has 2 aromatic carbocycles. The highest BCUT2D eigenvalue weighted by molar-refractivity contribution is 5.87. The van der Waals surface area contributed by atoms with Gasteiger partial charge in [0.1, 0.15) is 34.4 Å². The van der Waals surface area contributed by atoms with E-state index >= 15 is 0 Å². The zero-order chi connectivity index (χ0) is 16.7. The summed E-state index contributed by atoms with van der Waals surface area (Å²) < 4.78 is 17.8. The number of benzene rings is 2. The molecule has 6 heteroatoms. The molecule has 0 bridgehead atoms. The van der Waals surface area contributed by atoms with Gasteiger partial charge in [-0.25, -0.2) is 4.68 Å². The smallest absolute Gasteiger partial charge is 0.222 e. The van der Waals surface area contributed by atoms with Crippen molar-refractivity contribution in [3.63, 3.8) is 0 Å². The Morgan fingerprint density at radius 3 is 2.75 bits per heavy atom. The molecule has 0 spiro atoms. The van der Waals surface area contributed by atoms with E-state index in [1.165, 1.54) is 13.4 Å². The SMILES string of the molecule is COc1cc(OC)c2c(=O)c(-n3ncc4ccccc43)coc2c1. The maximum Gasteiger partial charge on any atom is 0.222 e. The molecule has 0 radical (unpaired) electrons. The Morgan fingerprint density at radius 2 is 1.96 bits per heavy atom. The largest absolute Gasteiger partial charge is 0.496 e. The number of para-hydroxylation sites is 1. The van der Waals surface area contributed by atoms with Crippen LogP contribution in [0.3, 0.4) is 0 Å². The van der Waals surface area contributed by atoms with Crippen LogP contribution in [0, 0.1) is 0 Å². The summed E-state index contributed by atoms with van der Waals surface area (Å²) in [6.45, 7) is 0. The van der Waals surface area contributed by atoms with Crippen molar-refractivity contribution in [1.29, 1.82) is 0 Å². The standard InChI is InChI=1S/C18H14N2O4/c1-22-12-7-15(23-2)17-16(8-12)24-10-14(18(17)21)20-13-6-4-3-5-11(13)9-19-20/h3-10H,1-2H3. The molecule has 2 heterocycles. The molecule has 0 N–H and O–H groups in total. The van der Waals surface area contributed by atoms with Gasteiger partial charge < -0.3 is 13.9 Å². The predicted octanol–water partition coefficient (Wildman–Crippen LogP) is 3.15. The van der Waals surface area contributed by atoms with Crippen molar-refractivity contribution in [3.05, 3.63) is 59.1 Å². The highest BCUT2D eigenvalue weighted by Gasteiger charge is 2.16. The van der Waals surface area contributed by atoms with Crippen LogP contribution in [0.1, 0.15) is 0 Å². The van der Waals surface area contributed by atoms with Gasteiger partial charge in [0.2, 0.25) is 5.43 Å². The summed E-state index contributed by atoms with van der Waals surface area (Å²) in [5.74, 6) is 0.955. The third kappa shape index (κ3) is 2.04. The van der Waals surface area contributed by atoms with E-state index in [9.17, 15) is 4.79 Å². The van der Waals surface area contributed by atoms with Crippen LogP contribution in [0.15, 0.2) is 58.1 Å². The average Bonchev–Trinajstić information content (AvgIpc) is 3.05. The van der Waals surface area contributed by atoms with Crippen LogP contribution in [-0.4, -0.2) is 24.0 Å². The van der Waals surface area contributed by atoms with Gasteiger partial charge in [0.05, 0.1) is 25.9 Å². The molecule has 0 fully saturated rings.